The van der Waals surface area contributed by atoms with Gasteiger partial charge in [0.2, 0.25) is 0 Å². The van der Waals surface area contributed by atoms with Gasteiger partial charge in [-0.15, -0.1) is 11.8 Å². The fourth-order valence-corrected chi connectivity index (χ4v) is 4.65. The van der Waals surface area contributed by atoms with E-state index < -0.39 is 17.1 Å². The second-order valence-electron chi connectivity index (χ2n) is 3.76. The molecular formula is C13H20O4S5. The number of rotatable bonds is 12. The van der Waals surface area contributed by atoms with Crippen molar-refractivity contribution in [2.24, 2.45) is 0 Å². The molecule has 0 heterocycles. The predicted molar refractivity (Wildman–Crippen MR) is 106 cm³/mol. The molecule has 0 N–H and O–H groups in total. The Balaban J connectivity index is 5.19. The maximum atomic E-state index is 11.6. The molecule has 0 radical (unpaired) electrons. The summed E-state index contributed by atoms with van der Waals surface area (Å²) in [5.74, 6) is 1.98. The summed E-state index contributed by atoms with van der Waals surface area (Å²) < 4.78 is 10.4. The zero-order valence-corrected chi connectivity index (χ0v) is 16.3. The van der Waals surface area contributed by atoms with Crippen LogP contribution in [0.5, 0.6) is 0 Å². The quantitative estimate of drug-likeness (QED) is 0.154. The second-order valence-corrected chi connectivity index (χ2v) is 7.74. The van der Waals surface area contributed by atoms with Gasteiger partial charge in [0.25, 0.3) is 0 Å². The number of hydrogen-bond donors (Lipinski definition) is 3. The predicted octanol–water partition coefficient (Wildman–Crippen LogP) is 2.72. The van der Waals surface area contributed by atoms with Crippen molar-refractivity contribution >= 4 is 73.3 Å². The Morgan fingerprint density at radius 3 is 2.00 bits per heavy atom. The van der Waals surface area contributed by atoms with Crippen LogP contribution in [0.25, 0.3) is 0 Å². The molecule has 9 heteroatoms. The third-order valence-electron chi connectivity index (χ3n) is 2.15. The second kappa shape index (κ2) is 12.6. The molecule has 0 aliphatic carbocycles. The number of carbonyl (C=O) groups excluding carboxylic acids is 2. The fraction of sp³-hybridized carbons (Fsp3) is 0.538. The molecule has 0 aliphatic rings. The van der Waals surface area contributed by atoms with Crippen molar-refractivity contribution in [1.82, 2.24) is 0 Å². The van der Waals surface area contributed by atoms with Crippen molar-refractivity contribution < 1.29 is 19.1 Å². The Bertz CT molecular complexity index is 367. The van der Waals surface area contributed by atoms with E-state index in [4.69, 9.17) is 9.47 Å². The van der Waals surface area contributed by atoms with E-state index in [1.165, 1.54) is 11.8 Å². The van der Waals surface area contributed by atoms with Gasteiger partial charge in [0.1, 0.15) is 5.25 Å². The highest BCUT2D eigenvalue weighted by Gasteiger charge is 2.43. The Morgan fingerprint density at radius 1 is 1.09 bits per heavy atom. The van der Waals surface area contributed by atoms with Crippen molar-refractivity contribution in [3.63, 3.8) is 0 Å². The molecule has 0 saturated carbocycles. The summed E-state index contributed by atoms with van der Waals surface area (Å²) in [6.45, 7) is 6.68. The van der Waals surface area contributed by atoms with E-state index in [0.717, 1.165) is 17.9 Å². The number of esters is 2. The van der Waals surface area contributed by atoms with Gasteiger partial charge < -0.3 is 9.47 Å². The van der Waals surface area contributed by atoms with Gasteiger partial charge in [-0.1, -0.05) is 25.8 Å². The van der Waals surface area contributed by atoms with Crippen molar-refractivity contribution in [3.05, 3.63) is 25.3 Å². The maximum Gasteiger partial charge on any atom is 0.334 e. The summed E-state index contributed by atoms with van der Waals surface area (Å²) in [4.78, 5) is 23.1. The first-order chi connectivity index (χ1) is 10.4. The van der Waals surface area contributed by atoms with Crippen LogP contribution in [0.3, 0.4) is 0 Å². The average molecular weight is 401 g/mol. The van der Waals surface area contributed by atoms with Gasteiger partial charge in [-0.25, -0.2) is 9.59 Å². The lowest BCUT2D eigenvalue weighted by Gasteiger charge is -2.34. The number of thioether (sulfide) groups is 2. The lowest BCUT2D eigenvalue weighted by molar-refractivity contribution is -0.189. The Hall–Kier alpha value is 0.170. The molecular weight excluding hydrogens is 380 g/mol. The van der Waals surface area contributed by atoms with E-state index >= 15 is 0 Å². The van der Waals surface area contributed by atoms with E-state index in [0.29, 0.717) is 23.0 Å². The van der Waals surface area contributed by atoms with Crippen LogP contribution < -0.4 is 0 Å². The minimum atomic E-state index is -1.70. The lowest BCUT2D eigenvalue weighted by Crippen LogP contribution is -2.45. The van der Waals surface area contributed by atoms with E-state index in [9.17, 15) is 9.59 Å². The summed E-state index contributed by atoms with van der Waals surface area (Å²) in [5, 5.41) is -2.08. The van der Waals surface area contributed by atoms with Crippen molar-refractivity contribution in [1.29, 1.82) is 0 Å². The molecule has 4 nitrogen and oxygen atoms in total. The first kappa shape index (κ1) is 22.2. The molecule has 0 spiro atoms. The SMILES string of the molecule is C=CC(=O)OC(S)(OC(=O)C=C)C(CSCCS)SCCS. The maximum absolute atomic E-state index is 11.6. The van der Waals surface area contributed by atoms with Crippen LogP contribution in [0.15, 0.2) is 25.3 Å². The largest absolute Gasteiger partial charge is 0.409 e. The summed E-state index contributed by atoms with van der Waals surface area (Å²) in [6.07, 6.45) is 1.99. The fourth-order valence-electron chi connectivity index (χ4n) is 1.23. The third kappa shape index (κ3) is 8.71. The minimum absolute atomic E-state index is 0.374. The van der Waals surface area contributed by atoms with E-state index in [1.807, 2.05) is 0 Å². The van der Waals surface area contributed by atoms with Gasteiger partial charge in [-0.05, 0) is 11.5 Å². The lowest BCUT2D eigenvalue weighted by atomic mass is 10.4. The number of hydrogen-bond acceptors (Lipinski definition) is 9. The molecule has 0 fully saturated rings. The normalized spacial score (nSPS) is 12.3. The van der Waals surface area contributed by atoms with Gasteiger partial charge in [0, 0.05) is 29.4 Å². The summed E-state index contributed by atoms with van der Waals surface area (Å²) >= 11 is 15.7. The zero-order chi connectivity index (χ0) is 17.0. The van der Waals surface area contributed by atoms with Gasteiger partial charge in [-0.3, -0.25) is 0 Å². The first-order valence-electron chi connectivity index (χ1n) is 6.27. The number of carbonyl (C=O) groups is 2. The van der Waals surface area contributed by atoms with Gasteiger partial charge in [0.15, 0.2) is 0 Å². The number of ether oxygens (including phenoxy) is 2. The molecule has 22 heavy (non-hydrogen) atoms. The van der Waals surface area contributed by atoms with Gasteiger partial charge in [0.05, 0.1) is 0 Å². The first-order valence-corrected chi connectivity index (χ1v) is 10.2. The Labute approximate surface area is 156 Å². The molecule has 1 unspecified atom stereocenters. The molecule has 1 atom stereocenters. The van der Waals surface area contributed by atoms with E-state index in [-0.39, 0.29) is 5.25 Å². The minimum Gasteiger partial charge on any atom is -0.409 e. The average Bonchev–Trinajstić information content (AvgIpc) is 2.50. The van der Waals surface area contributed by atoms with Crippen LogP contribution in [0.1, 0.15) is 0 Å². The standard InChI is InChI=1S/C13H20O4S5/c1-3-11(14)16-13(20,17-12(15)4-2)10(22-8-6-19)9-21-7-5-18/h3-4,10,18-20H,1-2,5-9H2. The Morgan fingerprint density at radius 2 is 1.59 bits per heavy atom. The molecule has 0 aromatic rings. The smallest absolute Gasteiger partial charge is 0.334 e. The Kier molecular flexibility index (Phi) is 12.7. The van der Waals surface area contributed by atoms with Crippen molar-refractivity contribution in [2.75, 3.05) is 28.8 Å². The van der Waals surface area contributed by atoms with Crippen LogP contribution in [0.2, 0.25) is 0 Å². The monoisotopic (exact) mass is 400 g/mol. The van der Waals surface area contributed by atoms with E-state index in [1.54, 1.807) is 11.8 Å². The summed E-state index contributed by atoms with van der Waals surface area (Å²) in [7, 11) is 0. The van der Waals surface area contributed by atoms with Crippen LogP contribution in [0.4, 0.5) is 0 Å². The topological polar surface area (TPSA) is 52.6 Å². The molecule has 0 aromatic carbocycles. The molecule has 0 bridgehead atoms. The van der Waals surface area contributed by atoms with Crippen LogP contribution >= 0.6 is 61.4 Å². The number of thiol groups is 3. The molecule has 126 valence electrons. The molecule has 0 saturated heterocycles. The molecule has 0 aliphatic heterocycles. The highest BCUT2D eigenvalue weighted by atomic mass is 32.2. The van der Waals surface area contributed by atoms with Crippen LogP contribution in [-0.4, -0.2) is 51.1 Å². The van der Waals surface area contributed by atoms with Crippen LogP contribution in [0, 0.1) is 0 Å². The van der Waals surface area contributed by atoms with Gasteiger partial charge >= 0.3 is 17.1 Å². The van der Waals surface area contributed by atoms with Crippen molar-refractivity contribution in [3.8, 4) is 0 Å². The highest BCUT2D eigenvalue weighted by Crippen LogP contribution is 2.35. The summed E-state index contributed by atoms with van der Waals surface area (Å²) in [6, 6.07) is 0. The summed E-state index contributed by atoms with van der Waals surface area (Å²) in [5.41, 5.74) is 0. The highest BCUT2D eigenvalue weighted by molar-refractivity contribution is 8.04. The zero-order valence-electron chi connectivity index (χ0n) is 12.0. The van der Waals surface area contributed by atoms with Crippen molar-refractivity contribution in [2.45, 2.75) is 10.4 Å². The molecule has 0 amide bonds. The third-order valence-corrected chi connectivity index (χ3v) is 6.46. The van der Waals surface area contributed by atoms with Gasteiger partial charge in [-0.2, -0.15) is 37.0 Å². The van der Waals surface area contributed by atoms with E-state index in [2.05, 4.69) is 51.0 Å². The van der Waals surface area contributed by atoms with Crippen LogP contribution in [-0.2, 0) is 19.1 Å². The molecule has 0 aromatic heterocycles. The molecule has 0 rings (SSSR count).